The minimum atomic E-state index is -0.575. The van der Waals surface area contributed by atoms with Crippen LogP contribution in [0.5, 0.6) is 11.5 Å². The molecule has 0 saturated heterocycles. The summed E-state index contributed by atoms with van der Waals surface area (Å²) in [4.78, 5) is 51.7. The number of carbonyl (C=O) groups is 4. The molecule has 0 aliphatic rings. The van der Waals surface area contributed by atoms with Gasteiger partial charge in [-0.05, 0) is 56.0 Å². The summed E-state index contributed by atoms with van der Waals surface area (Å²) in [5.41, 5.74) is 0.866. The minimum absolute atomic E-state index is 0.0749. The topological polar surface area (TPSA) is 130 Å². The van der Waals surface area contributed by atoms with Gasteiger partial charge in [-0.15, -0.1) is 6.58 Å². The molecule has 0 amide bonds. The molecule has 0 aliphatic carbocycles. The first-order valence-corrected chi connectivity index (χ1v) is 14.6. The highest BCUT2D eigenvalue weighted by Crippen LogP contribution is 2.34. The highest BCUT2D eigenvalue weighted by atomic mass is 35.5. The first-order chi connectivity index (χ1) is 21.6. The molecule has 0 aliphatic heterocycles. The van der Waals surface area contributed by atoms with E-state index >= 15 is 0 Å². The van der Waals surface area contributed by atoms with Crippen molar-refractivity contribution in [2.24, 2.45) is 0 Å². The number of unbranched alkanes of at least 4 members (excludes halogenated alkanes) is 2. The summed E-state index contributed by atoms with van der Waals surface area (Å²) >= 11 is 6.32. The van der Waals surface area contributed by atoms with E-state index in [1.807, 2.05) is 6.08 Å². The van der Waals surface area contributed by atoms with Gasteiger partial charge in [0.1, 0.15) is 50.4 Å². The maximum atomic E-state index is 12.2. The van der Waals surface area contributed by atoms with E-state index < -0.39 is 30.0 Å². The number of nitrogens with zero attached hydrogens (tertiary/aromatic N) is 2. The van der Waals surface area contributed by atoms with Crippen LogP contribution in [0.1, 0.15) is 25.7 Å². The van der Waals surface area contributed by atoms with E-state index in [0.717, 1.165) is 19.3 Å². The van der Waals surface area contributed by atoms with Crippen molar-refractivity contribution in [3.8, 4) is 11.5 Å². The van der Waals surface area contributed by atoms with E-state index in [0.29, 0.717) is 34.3 Å². The number of halogens is 1. The lowest BCUT2D eigenvalue weighted by Gasteiger charge is -2.28. The summed E-state index contributed by atoms with van der Waals surface area (Å²) in [5, 5.41) is 0.362. The molecular formula is C32H41ClN2O10. The van der Waals surface area contributed by atoms with Crippen LogP contribution in [0.15, 0.2) is 55.1 Å². The zero-order chi connectivity index (χ0) is 33.2. The van der Waals surface area contributed by atoms with Crippen molar-refractivity contribution in [3.05, 3.63) is 60.1 Å². The van der Waals surface area contributed by atoms with Gasteiger partial charge in [0.05, 0.1) is 39.8 Å². The molecule has 0 N–H and O–H groups in total. The Labute approximate surface area is 268 Å². The van der Waals surface area contributed by atoms with E-state index in [1.165, 1.54) is 38.2 Å². The fourth-order valence-corrected chi connectivity index (χ4v) is 4.38. The summed E-state index contributed by atoms with van der Waals surface area (Å²) in [6.07, 6.45) is 4.40. The number of allylic oxidation sites excluding steroid dienone is 1. The number of hydrogen-bond donors (Lipinski definition) is 0. The molecule has 0 heterocycles. The normalized spacial score (nSPS) is 11.0. The zero-order valence-electron chi connectivity index (χ0n) is 26.1. The van der Waals surface area contributed by atoms with Crippen molar-refractivity contribution in [1.29, 1.82) is 0 Å². The van der Waals surface area contributed by atoms with Crippen LogP contribution in [-0.4, -0.2) is 91.2 Å². The maximum absolute atomic E-state index is 12.2. The molecule has 0 fully saturated rings. The van der Waals surface area contributed by atoms with Crippen molar-refractivity contribution in [1.82, 2.24) is 0 Å². The summed E-state index contributed by atoms with van der Waals surface area (Å²) in [5.74, 6) is -1.48. The van der Waals surface area contributed by atoms with Gasteiger partial charge in [-0.25, -0.2) is 0 Å². The predicted octanol–water partition coefficient (Wildman–Crippen LogP) is 4.22. The second kappa shape index (κ2) is 19.8. The Morgan fingerprint density at radius 2 is 1.29 bits per heavy atom. The van der Waals surface area contributed by atoms with Gasteiger partial charge < -0.3 is 38.2 Å². The zero-order valence-corrected chi connectivity index (χ0v) is 26.9. The van der Waals surface area contributed by atoms with Gasteiger partial charge >= 0.3 is 23.9 Å². The molecule has 13 heteroatoms. The number of methoxy groups -OCH3 is 4. The minimum Gasteiger partial charge on any atom is -0.488 e. The number of carbonyl (C=O) groups excluding carboxylic acids is 4. The summed E-state index contributed by atoms with van der Waals surface area (Å²) < 4.78 is 32.0. The Bertz CT molecular complexity index is 1250. The van der Waals surface area contributed by atoms with Crippen LogP contribution in [0.3, 0.4) is 0 Å². The van der Waals surface area contributed by atoms with Crippen molar-refractivity contribution in [2.45, 2.75) is 31.8 Å². The van der Waals surface area contributed by atoms with Crippen LogP contribution in [0.4, 0.5) is 11.4 Å². The highest BCUT2D eigenvalue weighted by molar-refractivity contribution is 6.31. The van der Waals surface area contributed by atoms with Gasteiger partial charge in [0.2, 0.25) is 0 Å². The largest absolute Gasteiger partial charge is 0.488 e. The van der Waals surface area contributed by atoms with Gasteiger partial charge in [0.15, 0.2) is 0 Å². The molecule has 0 aromatic heterocycles. The third-order valence-electron chi connectivity index (χ3n) is 6.56. The molecule has 0 spiro atoms. The molecule has 0 bridgehead atoms. The van der Waals surface area contributed by atoms with Crippen molar-refractivity contribution in [3.63, 3.8) is 0 Å². The van der Waals surface area contributed by atoms with Gasteiger partial charge in [-0.2, -0.15) is 0 Å². The molecular weight excluding hydrogens is 608 g/mol. The average molecular weight is 649 g/mol. The van der Waals surface area contributed by atoms with Crippen LogP contribution in [-0.2, 0) is 38.1 Å². The Morgan fingerprint density at radius 3 is 1.82 bits per heavy atom. The Hall–Kier alpha value is -4.45. The number of benzene rings is 2. The summed E-state index contributed by atoms with van der Waals surface area (Å²) in [6.45, 7) is 2.92. The van der Waals surface area contributed by atoms with Crippen LogP contribution >= 0.6 is 11.6 Å². The number of anilines is 2. The van der Waals surface area contributed by atoms with Gasteiger partial charge in [0.25, 0.3) is 0 Å². The molecule has 1 atom stereocenters. The fourth-order valence-electron chi connectivity index (χ4n) is 4.21. The molecule has 0 radical (unpaired) electrons. The standard InChI is InChI=1S/C32H41ClN2O10/c1-6-7-8-9-12-24(22-44-27-14-11-10-13-25(27)34(18-29(36)40-2)19-30(37)41-3)45-28-16-15-23(33)17-26(28)35(20-31(38)42-4)21-32(39)43-5/h6,10-11,13-17,24H,1,7-9,12,18-22H2,2-5H3. The van der Waals surface area contributed by atoms with Gasteiger partial charge in [0, 0.05) is 5.02 Å². The number of esters is 4. The first-order valence-electron chi connectivity index (χ1n) is 14.2. The van der Waals surface area contributed by atoms with Crippen molar-refractivity contribution in [2.75, 3.05) is 71.0 Å². The van der Waals surface area contributed by atoms with Crippen LogP contribution in [0, 0.1) is 0 Å². The Balaban J connectivity index is 2.41. The van der Waals surface area contributed by atoms with Crippen molar-refractivity contribution < 1.29 is 47.6 Å². The molecule has 2 aromatic carbocycles. The van der Waals surface area contributed by atoms with E-state index in [9.17, 15) is 19.2 Å². The molecule has 2 aromatic rings. The second-order valence-electron chi connectivity index (χ2n) is 9.72. The number of hydrogen-bond acceptors (Lipinski definition) is 12. The monoisotopic (exact) mass is 648 g/mol. The molecule has 45 heavy (non-hydrogen) atoms. The smallest absolute Gasteiger partial charge is 0.325 e. The molecule has 1 unspecified atom stereocenters. The van der Waals surface area contributed by atoms with Gasteiger partial charge in [-0.3, -0.25) is 19.2 Å². The molecule has 12 nitrogen and oxygen atoms in total. The Morgan fingerprint density at radius 1 is 0.756 bits per heavy atom. The van der Waals surface area contributed by atoms with E-state index in [2.05, 4.69) is 6.58 Å². The maximum Gasteiger partial charge on any atom is 0.325 e. The van der Waals surface area contributed by atoms with Crippen LogP contribution in [0.2, 0.25) is 5.02 Å². The third-order valence-corrected chi connectivity index (χ3v) is 6.80. The number of para-hydroxylation sites is 2. The quantitative estimate of drug-likeness (QED) is 0.0882. The second-order valence-corrected chi connectivity index (χ2v) is 10.2. The van der Waals surface area contributed by atoms with E-state index in [4.69, 9.17) is 40.0 Å². The number of rotatable bonds is 20. The van der Waals surface area contributed by atoms with Crippen LogP contribution < -0.4 is 19.3 Å². The van der Waals surface area contributed by atoms with Gasteiger partial charge in [-0.1, -0.05) is 29.8 Å². The SMILES string of the molecule is C=CCCCCC(COc1ccccc1N(CC(=O)OC)CC(=O)OC)Oc1ccc(Cl)cc1N(CC(=O)OC)CC(=O)OC. The molecule has 0 saturated carbocycles. The predicted molar refractivity (Wildman–Crippen MR) is 169 cm³/mol. The van der Waals surface area contributed by atoms with Crippen LogP contribution in [0.25, 0.3) is 0 Å². The lowest BCUT2D eigenvalue weighted by Crippen LogP contribution is -2.36. The fraction of sp³-hybridized carbons (Fsp3) is 0.438. The Kier molecular flexibility index (Phi) is 16.1. The lowest BCUT2D eigenvalue weighted by atomic mass is 10.1. The summed E-state index contributed by atoms with van der Waals surface area (Å²) in [6, 6.07) is 11.8. The van der Waals surface area contributed by atoms with Crippen molar-refractivity contribution >= 4 is 46.9 Å². The average Bonchev–Trinajstić information content (AvgIpc) is 3.05. The molecule has 246 valence electrons. The number of ether oxygens (including phenoxy) is 6. The summed E-state index contributed by atoms with van der Waals surface area (Å²) in [7, 11) is 5.02. The third kappa shape index (κ3) is 12.6. The van der Waals surface area contributed by atoms with E-state index in [1.54, 1.807) is 42.5 Å². The van der Waals surface area contributed by atoms with E-state index in [-0.39, 0.29) is 32.8 Å². The molecule has 2 rings (SSSR count). The first kappa shape index (κ1) is 36.7. The highest BCUT2D eigenvalue weighted by Gasteiger charge is 2.24. The lowest BCUT2D eigenvalue weighted by molar-refractivity contribution is -0.141.